The van der Waals surface area contributed by atoms with E-state index in [0.29, 0.717) is 11.8 Å². The van der Waals surface area contributed by atoms with E-state index in [-0.39, 0.29) is 23.9 Å². The van der Waals surface area contributed by atoms with Crippen molar-refractivity contribution in [2.75, 3.05) is 6.54 Å². The molecule has 4 nitrogen and oxygen atoms in total. The second kappa shape index (κ2) is 6.91. The number of rotatable bonds is 7. The van der Waals surface area contributed by atoms with Crippen LogP contribution >= 0.6 is 0 Å². The summed E-state index contributed by atoms with van der Waals surface area (Å²) in [6.45, 7) is 7.20. The van der Waals surface area contributed by atoms with Gasteiger partial charge in [0.2, 0.25) is 11.8 Å². The monoisotopic (exact) mass is 294 g/mol. The molecule has 0 aromatic heterocycles. The van der Waals surface area contributed by atoms with Crippen LogP contribution in [0.15, 0.2) is 0 Å². The quantitative estimate of drug-likeness (QED) is 0.735. The Kier molecular flexibility index (Phi) is 5.42. The van der Waals surface area contributed by atoms with Gasteiger partial charge in [-0.1, -0.05) is 33.6 Å². The number of nitrogens with zero attached hydrogens (tertiary/aromatic N) is 1. The first-order chi connectivity index (χ1) is 10.1. The smallest absolute Gasteiger partial charge is 0.247 e. The fraction of sp³-hybridized carbons (Fsp3) is 0.882. The normalized spacial score (nSPS) is 25.3. The predicted octanol–water partition coefficient (Wildman–Crippen LogP) is 2.86. The molecule has 1 saturated heterocycles. The van der Waals surface area contributed by atoms with Gasteiger partial charge >= 0.3 is 0 Å². The zero-order valence-electron chi connectivity index (χ0n) is 13.8. The third-order valence-corrected chi connectivity index (χ3v) is 5.63. The second-order valence-electron chi connectivity index (χ2n) is 6.77. The first kappa shape index (κ1) is 16.5. The SMILES string of the molecule is CCC(CC)N1C(=O)CC(NCC2(CC)CCCC2)C1=O. The Morgan fingerprint density at radius 3 is 2.33 bits per heavy atom. The van der Waals surface area contributed by atoms with Gasteiger partial charge in [0.15, 0.2) is 0 Å². The highest BCUT2D eigenvalue weighted by Crippen LogP contribution is 2.40. The molecule has 2 amide bonds. The lowest BCUT2D eigenvalue weighted by Crippen LogP contribution is -2.45. The topological polar surface area (TPSA) is 49.4 Å². The number of amides is 2. The molecule has 0 aromatic carbocycles. The van der Waals surface area contributed by atoms with E-state index in [1.165, 1.54) is 30.6 Å². The molecular formula is C17H30N2O2. The Morgan fingerprint density at radius 1 is 1.19 bits per heavy atom. The van der Waals surface area contributed by atoms with Crippen molar-refractivity contribution in [2.24, 2.45) is 5.41 Å². The van der Waals surface area contributed by atoms with E-state index in [0.717, 1.165) is 25.8 Å². The molecule has 4 heteroatoms. The number of carbonyl (C=O) groups is 2. The molecule has 120 valence electrons. The van der Waals surface area contributed by atoms with Gasteiger partial charge in [-0.3, -0.25) is 14.5 Å². The fourth-order valence-corrected chi connectivity index (χ4v) is 3.97. The third-order valence-electron chi connectivity index (χ3n) is 5.63. The van der Waals surface area contributed by atoms with Crippen LogP contribution < -0.4 is 5.32 Å². The molecule has 1 N–H and O–H groups in total. The molecule has 1 saturated carbocycles. The van der Waals surface area contributed by atoms with Crippen molar-refractivity contribution in [3.05, 3.63) is 0 Å². The van der Waals surface area contributed by atoms with Crippen molar-refractivity contribution < 1.29 is 9.59 Å². The van der Waals surface area contributed by atoms with Gasteiger partial charge in [0.25, 0.3) is 0 Å². The molecule has 1 aliphatic heterocycles. The van der Waals surface area contributed by atoms with Gasteiger partial charge < -0.3 is 5.32 Å². The zero-order chi connectivity index (χ0) is 15.5. The minimum absolute atomic E-state index is 0.00190. The fourth-order valence-electron chi connectivity index (χ4n) is 3.97. The van der Waals surface area contributed by atoms with Crippen LogP contribution in [0.25, 0.3) is 0 Å². The van der Waals surface area contributed by atoms with Crippen molar-refractivity contribution in [2.45, 2.75) is 84.2 Å². The molecule has 0 spiro atoms. The zero-order valence-corrected chi connectivity index (χ0v) is 13.8. The van der Waals surface area contributed by atoms with E-state index >= 15 is 0 Å². The van der Waals surface area contributed by atoms with E-state index < -0.39 is 0 Å². The van der Waals surface area contributed by atoms with Crippen molar-refractivity contribution in [1.82, 2.24) is 10.2 Å². The van der Waals surface area contributed by atoms with E-state index in [2.05, 4.69) is 12.2 Å². The summed E-state index contributed by atoms with van der Waals surface area (Å²) in [6, 6.07) is -0.217. The van der Waals surface area contributed by atoms with Crippen LogP contribution in [0.3, 0.4) is 0 Å². The van der Waals surface area contributed by atoms with Crippen LogP contribution in [-0.2, 0) is 9.59 Å². The molecular weight excluding hydrogens is 264 g/mol. The van der Waals surface area contributed by atoms with Gasteiger partial charge in [-0.15, -0.1) is 0 Å². The molecule has 21 heavy (non-hydrogen) atoms. The largest absolute Gasteiger partial charge is 0.305 e. The summed E-state index contributed by atoms with van der Waals surface area (Å²) in [4.78, 5) is 26.2. The highest BCUT2D eigenvalue weighted by molar-refractivity contribution is 6.05. The maximum atomic E-state index is 12.5. The molecule has 0 aromatic rings. The Balaban J connectivity index is 1.96. The minimum Gasteiger partial charge on any atom is -0.305 e. The van der Waals surface area contributed by atoms with Crippen LogP contribution in [-0.4, -0.2) is 35.3 Å². The van der Waals surface area contributed by atoms with Crippen molar-refractivity contribution >= 4 is 11.8 Å². The molecule has 2 aliphatic rings. The van der Waals surface area contributed by atoms with Gasteiger partial charge in [0.1, 0.15) is 0 Å². The molecule has 1 unspecified atom stereocenters. The number of likely N-dealkylation sites (tertiary alicyclic amines) is 1. The number of imide groups is 1. The summed E-state index contributed by atoms with van der Waals surface area (Å²) in [6.07, 6.45) is 8.29. The number of hydrogen-bond acceptors (Lipinski definition) is 3. The van der Waals surface area contributed by atoms with Gasteiger partial charge in [-0.2, -0.15) is 0 Å². The van der Waals surface area contributed by atoms with E-state index in [1.54, 1.807) is 0 Å². The first-order valence-electron chi connectivity index (χ1n) is 8.66. The standard InChI is InChI=1S/C17H30N2O2/c1-4-13(5-2)19-15(20)11-14(16(19)21)18-12-17(6-3)9-7-8-10-17/h13-14,18H,4-12H2,1-3H3. The average molecular weight is 294 g/mol. The second-order valence-corrected chi connectivity index (χ2v) is 6.77. The molecule has 1 aliphatic carbocycles. The van der Waals surface area contributed by atoms with Crippen LogP contribution in [0.4, 0.5) is 0 Å². The lowest BCUT2D eigenvalue weighted by atomic mass is 9.83. The summed E-state index contributed by atoms with van der Waals surface area (Å²) in [7, 11) is 0. The molecule has 0 bridgehead atoms. The van der Waals surface area contributed by atoms with Crippen LogP contribution in [0.1, 0.15) is 72.1 Å². The number of carbonyl (C=O) groups excluding carboxylic acids is 2. The summed E-state index contributed by atoms with van der Waals surface area (Å²) in [5.41, 5.74) is 0.353. The summed E-state index contributed by atoms with van der Waals surface area (Å²) >= 11 is 0. The van der Waals surface area contributed by atoms with Crippen molar-refractivity contribution in [3.63, 3.8) is 0 Å². The molecule has 2 rings (SSSR count). The minimum atomic E-state index is -0.290. The summed E-state index contributed by atoms with van der Waals surface area (Å²) < 4.78 is 0. The first-order valence-corrected chi connectivity index (χ1v) is 8.66. The maximum absolute atomic E-state index is 12.5. The highest BCUT2D eigenvalue weighted by atomic mass is 16.2. The van der Waals surface area contributed by atoms with E-state index in [1.807, 2.05) is 13.8 Å². The molecule has 1 heterocycles. The van der Waals surface area contributed by atoms with Gasteiger partial charge in [0, 0.05) is 12.6 Å². The Labute approximate surface area is 128 Å². The van der Waals surface area contributed by atoms with E-state index in [4.69, 9.17) is 0 Å². The molecule has 0 radical (unpaired) electrons. The van der Waals surface area contributed by atoms with Crippen molar-refractivity contribution in [1.29, 1.82) is 0 Å². The molecule has 1 atom stereocenters. The van der Waals surface area contributed by atoms with Gasteiger partial charge in [-0.25, -0.2) is 0 Å². The number of hydrogen-bond donors (Lipinski definition) is 1. The summed E-state index contributed by atoms with van der Waals surface area (Å²) in [5.74, 6) is 0.00104. The lowest BCUT2D eigenvalue weighted by Gasteiger charge is -2.29. The predicted molar refractivity (Wildman–Crippen MR) is 83.8 cm³/mol. The number of nitrogens with one attached hydrogen (secondary N) is 1. The summed E-state index contributed by atoms with van der Waals surface area (Å²) in [5, 5.41) is 3.42. The van der Waals surface area contributed by atoms with Crippen molar-refractivity contribution in [3.8, 4) is 0 Å². The highest BCUT2D eigenvalue weighted by Gasteiger charge is 2.42. The van der Waals surface area contributed by atoms with Crippen LogP contribution in [0.2, 0.25) is 0 Å². The van der Waals surface area contributed by atoms with Crippen LogP contribution in [0.5, 0.6) is 0 Å². The average Bonchev–Trinajstić information content (AvgIpc) is 3.06. The third kappa shape index (κ3) is 3.31. The Hall–Kier alpha value is -0.900. The maximum Gasteiger partial charge on any atom is 0.247 e. The van der Waals surface area contributed by atoms with Gasteiger partial charge in [0.05, 0.1) is 12.5 Å². The lowest BCUT2D eigenvalue weighted by molar-refractivity contribution is -0.141. The molecule has 2 fully saturated rings. The Morgan fingerprint density at radius 2 is 1.81 bits per heavy atom. The van der Waals surface area contributed by atoms with Crippen LogP contribution in [0, 0.1) is 5.41 Å². The Bertz CT molecular complexity index is 384. The van der Waals surface area contributed by atoms with Gasteiger partial charge in [-0.05, 0) is 37.5 Å². The van der Waals surface area contributed by atoms with E-state index in [9.17, 15) is 9.59 Å².